The Bertz CT molecular complexity index is 4660. The van der Waals surface area contributed by atoms with Crippen molar-refractivity contribution in [1.82, 2.24) is 68.5 Å². The number of aromatic nitrogens is 12. The van der Waals surface area contributed by atoms with Crippen LogP contribution in [0.1, 0.15) is 238 Å². The largest absolute Gasteiger partial charge is 0.475 e. The van der Waals surface area contributed by atoms with Crippen molar-refractivity contribution in [3.8, 4) is 5.88 Å². The van der Waals surface area contributed by atoms with E-state index in [1.165, 1.54) is 235 Å². The number of quaternary nitrogens is 6. The van der Waals surface area contributed by atoms with Crippen LogP contribution >= 0.6 is 0 Å². The molecule has 5 saturated carbocycles. The average molecular weight is 1820 g/mol. The Morgan fingerprint density at radius 3 is 1.04 bits per heavy atom. The summed E-state index contributed by atoms with van der Waals surface area (Å²) >= 11 is 0. The van der Waals surface area contributed by atoms with Gasteiger partial charge in [-0.25, -0.2) is 0 Å². The van der Waals surface area contributed by atoms with Crippen molar-refractivity contribution < 1.29 is 31.6 Å². The van der Waals surface area contributed by atoms with Gasteiger partial charge in [0.25, 0.3) is 5.88 Å². The van der Waals surface area contributed by atoms with Crippen LogP contribution in [0.4, 0.5) is 63.2 Å². The molecule has 16 N–H and O–H groups in total. The van der Waals surface area contributed by atoms with E-state index >= 15 is 0 Å². The summed E-state index contributed by atoms with van der Waals surface area (Å²) in [7, 11) is 33.8. The predicted molar refractivity (Wildman–Crippen MR) is 538 cm³/mol. The highest BCUT2D eigenvalue weighted by atomic mass is 16.5. The van der Waals surface area contributed by atoms with E-state index in [2.05, 4.69) is 189 Å². The maximum absolute atomic E-state index is 6.48. The van der Waals surface area contributed by atoms with Gasteiger partial charge in [-0.1, -0.05) is 39.0 Å². The number of hydrogen-bond acceptors (Lipinski definition) is 20. The van der Waals surface area contributed by atoms with Gasteiger partial charge in [0, 0.05) is 71.7 Å². The van der Waals surface area contributed by atoms with Gasteiger partial charge in [0.2, 0.25) is 0 Å². The van der Waals surface area contributed by atoms with E-state index < -0.39 is 0 Å². The standard InChI is InChI=1S/C19H35N6.C18H33N6.C16H28N5.C16H30N5.C15H28N5.C15H29N4O/c1-25(2)13-11-23(12-14-25)10-4-9-21-19-18(20)17-8-7-15-5-3-6-16(15)24(17)22-19;1-24(2)12-10-22(11-13-24)9-8-20-18-17(19)16-7-6-14-4-3-5-15(14)23(16)21-18;1-21(2)10-8-19(9-11-21)16-15(17)14-7-6-12-4-3-5-13(12)20(14)18-16;1-21(2,3)11-5-10-18-16-15(17)14-9-8-12-6-4-7-13(12)20(14)19-16;1-20(2,3)10-9-17-15-14(16)13-8-7-11-5-4-6-12(11)19(13)18-15;1-11-7-8-13-14(16)15(17-18(13)12(11)2)20-10-6-9-19(3,4)5/h15-16H,3-14,20H2,1-2H3,(H,21,22);14-15H,3-13,19H2,1-2H3,(H,20,21);12-13H,3-11,17H2,1-2H3;12-13H,4-11,17H2,1-3H3,(H,18,19);11-12H,4-10,16H2,1-3H3,(H,17,18);11-12H,6-10,16H2,1-5H3/q6*+1. The molecule has 0 amide bonds. The second kappa shape index (κ2) is 41.6. The quantitative estimate of drug-likeness (QED) is 0.0199. The normalized spacial score (nSPS) is 27.1. The van der Waals surface area contributed by atoms with E-state index in [4.69, 9.17) is 64.6 Å². The Labute approximate surface area is 787 Å². The summed E-state index contributed by atoms with van der Waals surface area (Å²) in [4.78, 5) is 7.56. The number of nitrogens with zero attached hydrogens (tertiary/aromatic N) is 21. The van der Waals surface area contributed by atoms with Gasteiger partial charge in [-0.3, -0.25) is 37.9 Å². The smallest absolute Gasteiger partial charge is 0.256 e. The van der Waals surface area contributed by atoms with E-state index in [0.717, 1.165) is 249 Å². The van der Waals surface area contributed by atoms with Crippen molar-refractivity contribution in [2.45, 2.75) is 243 Å². The Morgan fingerprint density at radius 1 is 0.328 bits per heavy atom. The predicted octanol–water partition coefficient (Wildman–Crippen LogP) is 11.4. The third-order valence-corrected chi connectivity index (χ3v) is 33.3. The minimum absolute atomic E-state index is 0.407. The molecule has 12 unspecified atom stereocenters. The number of anilines is 11. The highest BCUT2D eigenvalue weighted by Gasteiger charge is 2.43. The number of nitrogens with one attached hydrogen (secondary N) is 4. The molecule has 6 aromatic heterocycles. The Hall–Kier alpha value is -7.46. The molecular weight excluding hydrogens is 1640 g/mol. The molecule has 20 rings (SSSR count). The molecule has 12 atom stereocenters. The number of likely N-dealkylation sites (N-methyl/N-ethyl adjacent to an activating group) is 4. The van der Waals surface area contributed by atoms with Crippen LogP contribution in [0.15, 0.2) is 0 Å². The molecule has 6 aromatic rings. The zero-order chi connectivity index (χ0) is 93.1. The minimum atomic E-state index is 0.407. The van der Waals surface area contributed by atoms with Crippen LogP contribution < -0.4 is 65.3 Å². The summed E-state index contributed by atoms with van der Waals surface area (Å²) in [6.45, 7) is 28.8. The third kappa shape index (κ3) is 24.0. The van der Waals surface area contributed by atoms with Crippen molar-refractivity contribution in [2.75, 3.05) is 310 Å². The van der Waals surface area contributed by atoms with Crippen molar-refractivity contribution >= 4 is 63.2 Å². The van der Waals surface area contributed by atoms with Crippen LogP contribution in [-0.2, 0) is 38.5 Å². The van der Waals surface area contributed by atoms with Gasteiger partial charge in [-0.2, -0.15) is 25.5 Å². The van der Waals surface area contributed by atoms with Crippen LogP contribution in [0, 0.1) is 35.5 Å². The fourth-order valence-electron chi connectivity index (χ4n) is 24.3. The van der Waals surface area contributed by atoms with Gasteiger partial charge in [0.05, 0.1) is 290 Å². The van der Waals surface area contributed by atoms with E-state index in [9.17, 15) is 0 Å². The summed E-state index contributed by atoms with van der Waals surface area (Å²) in [6.07, 6.45) is 37.5. The van der Waals surface area contributed by atoms with Gasteiger partial charge in [0.15, 0.2) is 29.1 Å². The zero-order valence-corrected chi connectivity index (χ0v) is 85.0. The Morgan fingerprint density at radius 2 is 0.649 bits per heavy atom. The first-order valence-electron chi connectivity index (χ1n) is 52.2. The molecule has 0 aromatic carbocycles. The van der Waals surface area contributed by atoms with Gasteiger partial charge in [-0.15, -0.1) is 5.10 Å². The first kappa shape index (κ1) is 98.1. The van der Waals surface area contributed by atoms with Crippen LogP contribution in [0.2, 0.25) is 0 Å². The molecule has 32 heteroatoms. The van der Waals surface area contributed by atoms with Crippen molar-refractivity contribution in [3.05, 3.63) is 34.2 Å². The summed E-state index contributed by atoms with van der Waals surface area (Å²) in [5.74, 6) is 10.2. The van der Waals surface area contributed by atoms with Crippen LogP contribution in [-0.4, -0.2) is 345 Å². The number of nitrogen functional groups attached to an aromatic ring is 6. The molecule has 0 radical (unpaired) electrons. The van der Waals surface area contributed by atoms with Gasteiger partial charge in [-0.05, 0) is 190 Å². The molecule has 14 aliphatic rings. The number of nitrogens with two attached hydrogens (primary N) is 6. The zero-order valence-electron chi connectivity index (χ0n) is 85.0. The summed E-state index contributed by atoms with van der Waals surface area (Å²) in [5, 5.41) is 42.8. The van der Waals surface area contributed by atoms with Crippen molar-refractivity contribution in [1.29, 1.82) is 0 Å². The lowest BCUT2D eigenvalue weighted by Gasteiger charge is -2.39. The fraction of sp³-hybridized carbons (Fsp3) is 0.818. The molecule has 15 heterocycles. The number of rotatable bonds is 24. The Balaban J connectivity index is 0.000000121. The topological polar surface area (TPSA) is 330 Å². The molecule has 0 spiro atoms. The fourth-order valence-corrected chi connectivity index (χ4v) is 24.3. The maximum Gasteiger partial charge on any atom is 0.256 e. The Kier molecular flexibility index (Phi) is 31.2. The van der Waals surface area contributed by atoms with Gasteiger partial charge >= 0.3 is 0 Å². The summed E-state index contributed by atoms with van der Waals surface area (Å²) in [6, 6.07) is 3.46. The van der Waals surface area contributed by atoms with E-state index in [-0.39, 0.29) is 0 Å². The maximum atomic E-state index is 6.48. The van der Waals surface area contributed by atoms with Crippen LogP contribution in [0.3, 0.4) is 0 Å². The lowest BCUT2D eigenvalue weighted by Crippen LogP contribution is -2.55. The number of ether oxygens (including phenoxy) is 1. The molecule has 5 aliphatic carbocycles. The molecule has 131 heavy (non-hydrogen) atoms. The van der Waals surface area contributed by atoms with Crippen LogP contribution in [0.25, 0.3) is 0 Å². The lowest BCUT2D eigenvalue weighted by molar-refractivity contribution is -0.894. The highest BCUT2D eigenvalue weighted by Crippen LogP contribution is 2.51. The molecule has 734 valence electrons. The first-order chi connectivity index (χ1) is 62.3. The monoisotopic (exact) mass is 1820 g/mol. The summed E-state index contributed by atoms with van der Waals surface area (Å²) in [5.41, 5.74) is 50.9. The minimum Gasteiger partial charge on any atom is -0.475 e. The number of piperazine rings is 3. The molecular formula is C99H183N31O+6. The molecule has 9 aliphatic heterocycles. The highest BCUT2D eigenvalue weighted by molar-refractivity contribution is 5.69. The summed E-state index contributed by atoms with van der Waals surface area (Å²) < 4.78 is 25.5. The van der Waals surface area contributed by atoms with Crippen molar-refractivity contribution in [3.63, 3.8) is 0 Å². The van der Waals surface area contributed by atoms with E-state index in [0.29, 0.717) is 54.7 Å². The lowest BCUT2D eigenvalue weighted by atomic mass is 9.92. The van der Waals surface area contributed by atoms with E-state index in [1.54, 1.807) is 0 Å². The SMILES string of the molecule is CC1CCc2c(N)c(OCCC[N+](C)(C)C)nn2C1C.C[N+](C)(C)CCCNc1nn2c(c1N)CCC1CCCC12.C[N+](C)(C)CCNc1nn2c(c1N)CCC1CCCC12.C[N+]1(C)CCN(CCCNc2nn3c(c2N)CCC2CCCC23)CC1.C[N+]1(C)CCN(CCNc2nn3c(c2N)CCC2CCCC23)CC1.C[N+]1(C)CCN(c2nn3c(c2N)CCC2CCCC23)CC1. The molecule has 3 saturated heterocycles. The molecule has 8 fully saturated rings. The van der Waals surface area contributed by atoms with Crippen LogP contribution in [0.5, 0.6) is 5.88 Å². The second-order valence-corrected chi connectivity index (χ2v) is 47.6. The molecule has 32 nitrogen and oxygen atoms in total. The molecule has 0 bridgehead atoms. The third-order valence-electron chi connectivity index (χ3n) is 33.3. The van der Waals surface area contributed by atoms with E-state index in [1.807, 2.05) is 0 Å². The van der Waals surface area contributed by atoms with Gasteiger partial charge < -0.3 is 92.2 Å². The average Bonchev–Trinajstić information content (AvgIpc) is 1.83. The number of hydrogen-bond donors (Lipinski definition) is 10. The first-order valence-corrected chi connectivity index (χ1v) is 52.2. The van der Waals surface area contributed by atoms with Crippen molar-refractivity contribution in [2.24, 2.45) is 35.5 Å². The number of fused-ring (bicyclic) bond motifs is 16. The van der Waals surface area contributed by atoms with Gasteiger partial charge in [0.1, 0.15) is 5.69 Å². The second-order valence-electron chi connectivity index (χ2n) is 47.6.